The predicted molar refractivity (Wildman–Crippen MR) is 102 cm³/mol. The summed E-state index contributed by atoms with van der Waals surface area (Å²) >= 11 is 2.22. The van der Waals surface area contributed by atoms with Crippen LogP contribution in [0.1, 0.15) is 37.0 Å². The van der Waals surface area contributed by atoms with Gasteiger partial charge in [-0.05, 0) is 40.6 Å². The van der Waals surface area contributed by atoms with Crippen LogP contribution in [-0.4, -0.2) is 49.7 Å². The van der Waals surface area contributed by atoms with E-state index in [4.69, 9.17) is 4.74 Å². The molecule has 2 rings (SSSR count). The van der Waals surface area contributed by atoms with Crippen LogP contribution in [-0.2, 0) is 4.74 Å². The lowest BCUT2D eigenvalue weighted by Gasteiger charge is -2.38. The summed E-state index contributed by atoms with van der Waals surface area (Å²) in [5.41, 5.74) is 0.762. The molecule has 4 nitrogen and oxygen atoms in total. The van der Waals surface area contributed by atoms with Gasteiger partial charge in [-0.1, -0.05) is 38.8 Å². The van der Waals surface area contributed by atoms with Crippen LogP contribution in [0, 0.1) is 9.49 Å². The third kappa shape index (κ3) is 5.16. The molecule has 0 bridgehead atoms. The number of halogens is 1. The number of rotatable bonds is 7. The second kappa shape index (κ2) is 9.59. The summed E-state index contributed by atoms with van der Waals surface area (Å²) in [6.45, 7) is 8.69. The maximum absolute atomic E-state index is 12.5. The molecular weight excluding hydrogens is 403 g/mol. The number of carbonyl (C=O) groups is 1. The minimum absolute atomic E-state index is 0.0271. The molecule has 23 heavy (non-hydrogen) atoms. The minimum atomic E-state index is 0.0271. The first-order chi connectivity index (χ1) is 11.2. The van der Waals surface area contributed by atoms with Gasteiger partial charge in [0.25, 0.3) is 5.91 Å². The molecule has 5 heteroatoms. The van der Waals surface area contributed by atoms with Crippen molar-refractivity contribution in [2.24, 2.45) is 5.92 Å². The van der Waals surface area contributed by atoms with Crippen molar-refractivity contribution in [1.29, 1.82) is 0 Å². The van der Waals surface area contributed by atoms with E-state index in [-0.39, 0.29) is 5.91 Å². The smallest absolute Gasteiger partial charge is 0.252 e. The number of morpholine rings is 1. The molecule has 0 saturated carbocycles. The average molecular weight is 430 g/mol. The SMILES string of the molecule is CCC(CC)C(CNC(=O)c1ccccc1I)N1CCOCC1. The van der Waals surface area contributed by atoms with Crippen molar-refractivity contribution in [3.05, 3.63) is 33.4 Å². The zero-order valence-corrected chi connectivity index (χ0v) is 16.2. The van der Waals surface area contributed by atoms with Gasteiger partial charge in [0.05, 0.1) is 18.8 Å². The summed E-state index contributed by atoms with van der Waals surface area (Å²) in [5, 5.41) is 3.16. The molecule has 0 spiro atoms. The Morgan fingerprint density at radius 3 is 2.52 bits per heavy atom. The monoisotopic (exact) mass is 430 g/mol. The lowest BCUT2D eigenvalue weighted by atomic mass is 9.92. The molecule has 128 valence electrons. The molecule has 1 fully saturated rings. The fourth-order valence-electron chi connectivity index (χ4n) is 3.27. The van der Waals surface area contributed by atoms with Crippen molar-refractivity contribution >= 4 is 28.5 Å². The lowest BCUT2D eigenvalue weighted by molar-refractivity contribution is 0.00191. The van der Waals surface area contributed by atoms with Crippen LogP contribution in [0.4, 0.5) is 0 Å². The van der Waals surface area contributed by atoms with E-state index in [0.717, 1.165) is 48.3 Å². The van der Waals surface area contributed by atoms with Gasteiger partial charge in [0, 0.05) is 29.2 Å². The maximum Gasteiger partial charge on any atom is 0.252 e. The number of hydrogen-bond acceptors (Lipinski definition) is 3. The molecule has 1 amide bonds. The normalized spacial score (nSPS) is 17.2. The van der Waals surface area contributed by atoms with Gasteiger partial charge in [0.2, 0.25) is 0 Å². The van der Waals surface area contributed by atoms with Gasteiger partial charge in [-0.2, -0.15) is 0 Å². The van der Waals surface area contributed by atoms with Crippen molar-refractivity contribution < 1.29 is 9.53 Å². The third-order valence-corrected chi connectivity index (χ3v) is 5.64. The Balaban J connectivity index is 2.02. The van der Waals surface area contributed by atoms with Gasteiger partial charge in [-0.15, -0.1) is 0 Å². The van der Waals surface area contributed by atoms with Crippen LogP contribution >= 0.6 is 22.6 Å². The van der Waals surface area contributed by atoms with Crippen molar-refractivity contribution in [2.75, 3.05) is 32.8 Å². The highest BCUT2D eigenvalue weighted by Gasteiger charge is 2.27. The number of ether oxygens (including phenoxy) is 1. The second-order valence-electron chi connectivity index (χ2n) is 5.98. The molecule has 1 heterocycles. The predicted octanol–water partition coefficient (Wildman–Crippen LogP) is 3.16. The molecule has 1 aromatic carbocycles. The lowest BCUT2D eigenvalue weighted by Crippen LogP contribution is -2.52. The minimum Gasteiger partial charge on any atom is -0.379 e. The quantitative estimate of drug-likeness (QED) is 0.676. The van der Waals surface area contributed by atoms with E-state index < -0.39 is 0 Å². The summed E-state index contributed by atoms with van der Waals surface area (Å²) in [5.74, 6) is 0.627. The molecular formula is C18H27IN2O2. The van der Waals surface area contributed by atoms with E-state index in [9.17, 15) is 4.79 Å². The fourth-order valence-corrected chi connectivity index (χ4v) is 3.91. The summed E-state index contributed by atoms with van der Waals surface area (Å²) in [6.07, 6.45) is 2.27. The van der Waals surface area contributed by atoms with Crippen molar-refractivity contribution in [3.8, 4) is 0 Å². The van der Waals surface area contributed by atoms with E-state index in [0.29, 0.717) is 18.5 Å². The highest BCUT2D eigenvalue weighted by Crippen LogP contribution is 2.20. The fraction of sp³-hybridized carbons (Fsp3) is 0.611. The van der Waals surface area contributed by atoms with Crippen molar-refractivity contribution in [3.63, 3.8) is 0 Å². The van der Waals surface area contributed by atoms with Gasteiger partial charge >= 0.3 is 0 Å². The van der Waals surface area contributed by atoms with Crippen molar-refractivity contribution in [2.45, 2.75) is 32.7 Å². The van der Waals surface area contributed by atoms with Gasteiger partial charge in [0.15, 0.2) is 0 Å². The number of hydrogen-bond donors (Lipinski definition) is 1. The third-order valence-electron chi connectivity index (χ3n) is 4.70. The molecule has 1 saturated heterocycles. The second-order valence-corrected chi connectivity index (χ2v) is 7.14. The molecule has 1 atom stereocenters. The number of nitrogens with zero attached hydrogens (tertiary/aromatic N) is 1. The van der Waals surface area contributed by atoms with E-state index in [2.05, 4.69) is 46.7 Å². The largest absolute Gasteiger partial charge is 0.379 e. The Labute approximate surface area is 153 Å². The Bertz CT molecular complexity index is 500. The number of benzene rings is 1. The van der Waals surface area contributed by atoms with Crippen LogP contribution in [0.3, 0.4) is 0 Å². The van der Waals surface area contributed by atoms with Crippen LogP contribution < -0.4 is 5.32 Å². The highest BCUT2D eigenvalue weighted by molar-refractivity contribution is 14.1. The van der Waals surface area contributed by atoms with Gasteiger partial charge in [-0.3, -0.25) is 9.69 Å². The molecule has 1 aliphatic rings. The first-order valence-corrected chi connectivity index (χ1v) is 9.59. The molecule has 1 N–H and O–H groups in total. The van der Waals surface area contributed by atoms with Gasteiger partial charge in [0.1, 0.15) is 0 Å². The molecule has 0 aliphatic carbocycles. The van der Waals surface area contributed by atoms with Crippen molar-refractivity contribution in [1.82, 2.24) is 10.2 Å². The Morgan fingerprint density at radius 2 is 1.91 bits per heavy atom. The average Bonchev–Trinajstić information content (AvgIpc) is 2.59. The van der Waals surface area contributed by atoms with Crippen LogP contribution in [0.5, 0.6) is 0 Å². The van der Waals surface area contributed by atoms with Crippen LogP contribution in [0.2, 0.25) is 0 Å². The first-order valence-electron chi connectivity index (χ1n) is 8.51. The highest BCUT2D eigenvalue weighted by atomic mass is 127. The summed E-state index contributed by atoms with van der Waals surface area (Å²) in [4.78, 5) is 15.0. The summed E-state index contributed by atoms with van der Waals surface area (Å²) in [7, 11) is 0. The van der Waals surface area contributed by atoms with E-state index >= 15 is 0 Å². The standard InChI is InChI=1S/C18H27IN2O2/c1-3-14(4-2)17(21-9-11-23-12-10-21)13-20-18(22)15-7-5-6-8-16(15)19/h5-8,14,17H,3-4,9-13H2,1-2H3,(H,20,22). The Hall–Kier alpha value is -0.660. The van der Waals surface area contributed by atoms with Gasteiger partial charge < -0.3 is 10.1 Å². The maximum atomic E-state index is 12.5. The molecule has 1 aliphatic heterocycles. The first kappa shape index (κ1) is 18.7. The van der Waals surface area contributed by atoms with Gasteiger partial charge in [-0.25, -0.2) is 0 Å². The van der Waals surface area contributed by atoms with Crippen LogP contribution in [0.15, 0.2) is 24.3 Å². The number of amides is 1. The topological polar surface area (TPSA) is 41.6 Å². The number of nitrogens with one attached hydrogen (secondary N) is 1. The van der Waals surface area contributed by atoms with Crippen LogP contribution in [0.25, 0.3) is 0 Å². The molecule has 1 unspecified atom stereocenters. The Morgan fingerprint density at radius 1 is 1.26 bits per heavy atom. The summed E-state index contributed by atoms with van der Waals surface area (Å²) < 4.78 is 6.47. The van der Waals surface area contributed by atoms with E-state index in [1.54, 1.807) is 0 Å². The van der Waals surface area contributed by atoms with E-state index in [1.165, 1.54) is 0 Å². The molecule has 1 aromatic rings. The van der Waals surface area contributed by atoms with E-state index in [1.807, 2.05) is 24.3 Å². The summed E-state index contributed by atoms with van der Waals surface area (Å²) in [6, 6.07) is 8.11. The molecule has 0 radical (unpaired) electrons. The zero-order valence-electron chi connectivity index (χ0n) is 14.1. The Kier molecular flexibility index (Phi) is 7.79. The molecule has 0 aromatic heterocycles. The zero-order chi connectivity index (χ0) is 16.7. The number of carbonyl (C=O) groups excluding carboxylic acids is 1.